The molecule has 0 aromatic carbocycles. The summed E-state index contributed by atoms with van der Waals surface area (Å²) >= 11 is 0. The second kappa shape index (κ2) is 9.97. The van der Waals surface area contributed by atoms with Crippen molar-refractivity contribution in [3.63, 3.8) is 0 Å². The zero-order valence-corrected chi connectivity index (χ0v) is 14.7. The molecular weight excluding hydrogens is 270 g/mol. The quantitative estimate of drug-likeness (QED) is 0.650. The average Bonchev–Trinajstić information content (AvgIpc) is 2.51. The van der Waals surface area contributed by atoms with Crippen molar-refractivity contribution in [3.8, 4) is 0 Å². The largest absolute Gasteiger partial charge is 0.463 e. The molecule has 0 aromatic rings. The van der Waals surface area contributed by atoms with Crippen LogP contribution in [0.1, 0.15) is 90.9 Å². The predicted octanol–water partition coefficient (Wildman–Crippen LogP) is 6.26. The maximum absolute atomic E-state index is 5.86. The minimum atomic E-state index is 0.803. The van der Waals surface area contributed by atoms with E-state index in [1.165, 1.54) is 70.6 Å². The molecule has 2 aliphatic rings. The Bertz CT molecular complexity index is 372. The fraction of sp³-hybridized carbons (Fsp3) is 0.800. The molecule has 0 radical (unpaired) electrons. The standard InChI is InChI=1S/C20H35NO/c1-17-10-6-3-4-8-12-19(13-9-5-7-11-17)14-20-16-21-15-18(2)22-20/h15-17,19,21H,3-14H2,1-2H3. The van der Waals surface area contributed by atoms with Gasteiger partial charge in [0.2, 0.25) is 0 Å². The molecule has 2 atom stereocenters. The number of ether oxygens (including phenoxy) is 1. The van der Waals surface area contributed by atoms with E-state index in [0.29, 0.717) is 0 Å². The molecule has 126 valence electrons. The summed E-state index contributed by atoms with van der Waals surface area (Å²) in [6.07, 6.45) is 20.6. The third-order valence-corrected chi connectivity index (χ3v) is 5.18. The molecule has 1 N–H and O–H groups in total. The molecule has 1 aliphatic heterocycles. The van der Waals surface area contributed by atoms with Gasteiger partial charge in [-0.3, -0.25) is 0 Å². The Morgan fingerprint density at radius 2 is 1.50 bits per heavy atom. The van der Waals surface area contributed by atoms with E-state index >= 15 is 0 Å². The van der Waals surface area contributed by atoms with Crippen molar-refractivity contribution in [2.75, 3.05) is 0 Å². The summed E-state index contributed by atoms with van der Waals surface area (Å²) in [5.41, 5.74) is 0. The summed E-state index contributed by atoms with van der Waals surface area (Å²) in [5, 5.41) is 3.21. The first kappa shape index (κ1) is 17.4. The molecule has 2 rings (SSSR count). The zero-order valence-electron chi connectivity index (χ0n) is 14.7. The Hall–Kier alpha value is -0.920. The van der Waals surface area contributed by atoms with Gasteiger partial charge in [-0.15, -0.1) is 0 Å². The van der Waals surface area contributed by atoms with Crippen LogP contribution in [0, 0.1) is 11.8 Å². The van der Waals surface area contributed by atoms with E-state index in [1.807, 2.05) is 19.3 Å². The molecule has 2 nitrogen and oxygen atoms in total. The van der Waals surface area contributed by atoms with Crippen molar-refractivity contribution in [1.29, 1.82) is 0 Å². The predicted molar refractivity (Wildman–Crippen MR) is 94.1 cm³/mol. The second-order valence-electron chi connectivity index (χ2n) is 7.44. The van der Waals surface area contributed by atoms with Crippen LogP contribution in [0.25, 0.3) is 0 Å². The van der Waals surface area contributed by atoms with E-state index in [9.17, 15) is 0 Å². The number of hydrogen-bond acceptors (Lipinski definition) is 2. The monoisotopic (exact) mass is 305 g/mol. The molecule has 2 heteroatoms. The van der Waals surface area contributed by atoms with Crippen LogP contribution in [0.3, 0.4) is 0 Å². The van der Waals surface area contributed by atoms with E-state index in [0.717, 1.165) is 29.8 Å². The van der Waals surface area contributed by atoms with Crippen LogP contribution < -0.4 is 5.32 Å². The lowest BCUT2D eigenvalue weighted by Gasteiger charge is -2.21. The Morgan fingerprint density at radius 1 is 0.909 bits per heavy atom. The Balaban J connectivity index is 1.79. The van der Waals surface area contributed by atoms with Gasteiger partial charge in [0.1, 0.15) is 11.5 Å². The van der Waals surface area contributed by atoms with E-state index in [1.54, 1.807) is 0 Å². The molecule has 22 heavy (non-hydrogen) atoms. The molecular formula is C20H35NO. The Kier molecular flexibility index (Phi) is 7.90. The summed E-state index contributed by atoms with van der Waals surface area (Å²) < 4.78 is 5.86. The van der Waals surface area contributed by atoms with Crippen molar-refractivity contribution in [3.05, 3.63) is 23.9 Å². The van der Waals surface area contributed by atoms with Crippen molar-refractivity contribution >= 4 is 0 Å². The molecule has 1 heterocycles. The maximum Gasteiger partial charge on any atom is 0.120 e. The van der Waals surface area contributed by atoms with E-state index in [4.69, 9.17) is 4.74 Å². The summed E-state index contributed by atoms with van der Waals surface area (Å²) in [5.74, 6) is 3.86. The van der Waals surface area contributed by atoms with E-state index < -0.39 is 0 Å². The SMILES string of the molecule is CC1=CNC=C(CC2CCCCCCC(C)CCCCC2)O1. The third kappa shape index (κ3) is 6.89. The smallest absolute Gasteiger partial charge is 0.120 e. The van der Waals surface area contributed by atoms with Crippen LogP contribution in [0.2, 0.25) is 0 Å². The van der Waals surface area contributed by atoms with Crippen LogP contribution in [0.4, 0.5) is 0 Å². The molecule has 0 aromatic heterocycles. The topological polar surface area (TPSA) is 21.3 Å². The van der Waals surface area contributed by atoms with Gasteiger partial charge >= 0.3 is 0 Å². The van der Waals surface area contributed by atoms with Gasteiger partial charge in [0.25, 0.3) is 0 Å². The zero-order chi connectivity index (χ0) is 15.6. The lowest BCUT2D eigenvalue weighted by molar-refractivity contribution is 0.251. The summed E-state index contributed by atoms with van der Waals surface area (Å²) in [6.45, 7) is 4.46. The van der Waals surface area contributed by atoms with E-state index in [2.05, 4.69) is 12.2 Å². The highest BCUT2D eigenvalue weighted by Gasteiger charge is 2.15. The van der Waals surface area contributed by atoms with Crippen molar-refractivity contribution in [2.24, 2.45) is 11.8 Å². The first-order chi connectivity index (χ1) is 10.7. The fourth-order valence-electron chi connectivity index (χ4n) is 3.78. The molecule has 0 spiro atoms. The van der Waals surface area contributed by atoms with Gasteiger partial charge < -0.3 is 10.1 Å². The minimum absolute atomic E-state index is 0.803. The molecule has 0 amide bonds. The Labute approximate surface area is 137 Å². The normalized spacial score (nSPS) is 28.8. The van der Waals surface area contributed by atoms with Crippen LogP contribution in [0.15, 0.2) is 23.9 Å². The lowest BCUT2D eigenvalue weighted by atomic mass is 9.91. The number of hydrogen-bond donors (Lipinski definition) is 1. The number of nitrogens with one attached hydrogen (secondary N) is 1. The number of allylic oxidation sites excluding steroid dienone is 2. The van der Waals surface area contributed by atoms with Crippen molar-refractivity contribution in [2.45, 2.75) is 90.9 Å². The van der Waals surface area contributed by atoms with Crippen LogP contribution in [0.5, 0.6) is 0 Å². The third-order valence-electron chi connectivity index (χ3n) is 5.18. The van der Waals surface area contributed by atoms with Crippen LogP contribution >= 0.6 is 0 Å². The highest BCUT2D eigenvalue weighted by Crippen LogP contribution is 2.28. The van der Waals surface area contributed by atoms with Gasteiger partial charge in [0.05, 0.1) is 0 Å². The Morgan fingerprint density at radius 3 is 2.14 bits per heavy atom. The van der Waals surface area contributed by atoms with Crippen LogP contribution in [-0.4, -0.2) is 0 Å². The summed E-state index contributed by atoms with van der Waals surface area (Å²) in [6, 6.07) is 0. The molecule has 2 unspecified atom stereocenters. The van der Waals surface area contributed by atoms with Gasteiger partial charge in [0, 0.05) is 18.8 Å². The van der Waals surface area contributed by atoms with Gasteiger partial charge in [0.15, 0.2) is 0 Å². The number of rotatable bonds is 2. The fourth-order valence-corrected chi connectivity index (χ4v) is 3.78. The van der Waals surface area contributed by atoms with E-state index in [-0.39, 0.29) is 0 Å². The second-order valence-corrected chi connectivity index (χ2v) is 7.44. The summed E-state index contributed by atoms with van der Waals surface area (Å²) in [7, 11) is 0. The highest BCUT2D eigenvalue weighted by molar-refractivity contribution is 5.07. The lowest BCUT2D eigenvalue weighted by Crippen LogP contribution is -2.11. The van der Waals surface area contributed by atoms with Gasteiger partial charge in [-0.25, -0.2) is 0 Å². The molecule has 1 fully saturated rings. The van der Waals surface area contributed by atoms with Crippen molar-refractivity contribution in [1.82, 2.24) is 5.32 Å². The molecule has 1 aliphatic carbocycles. The molecule has 0 saturated heterocycles. The van der Waals surface area contributed by atoms with Gasteiger partial charge in [-0.2, -0.15) is 0 Å². The minimum Gasteiger partial charge on any atom is -0.463 e. The van der Waals surface area contributed by atoms with Crippen molar-refractivity contribution < 1.29 is 4.74 Å². The average molecular weight is 306 g/mol. The first-order valence-electron chi connectivity index (χ1n) is 9.54. The first-order valence-corrected chi connectivity index (χ1v) is 9.54. The van der Waals surface area contributed by atoms with Crippen LogP contribution in [-0.2, 0) is 4.74 Å². The van der Waals surface area contributed by atoms with Gasteiger partial charge in [-0.1, -0.05) is 77.6 Å². The summed E-state index contributed by atoms with van der Waals surface area (Å²) in [4.78, 5) is 0. The molecule has 1 saturated carbocycles. The van der Waals surface area contributed by atoms with Gasteiger partial charge in [-0.05, 0) is 18.8 Å². The molecule has 0 bridgehead atoms. The highest BCUT2D eigenvalue weighted by atomic mass is 16.5. The maximum atomic E-state index is 5.86.